The molecule has 2 N–H and O–H groups in total. The number of nitrogens with one attached hydrogen (secondary N) is 1. The smallest absolute Gasteiger partial charge is 0.450 e. The number of alkyl halides is 3. The molecule has 11 heteroatoms. The summed E-state index contributed by atoms with van der Waals surface area (Å²) in [7, 11) is 0. The number of carboxylic acids is 1. The maximum Gasteiger partial charge on any atom is 0.450 e. The van der Waals surface area contributed by atoms with E-state index >= 15 is 0 Å². The number of benzene rings is 2. The molecule has 2 fully saturated rings. The van der Waals surface area contributed by atoms with Gasteiger partial charge in [0.05, 0.1) is 17.4 Å². The molecule has 2 atom stereocenters. The van der Waals surface area contributed by atoms with Gasteiger partial charge in [0.1, 0.15) is 5.76 Å². The molecule has 5 rings (SSSR count). The Kier molecular flexibility index (Phi) is 7.55. The molecule has 1 saturated heterocycles. The Morgan fingerprint density at radius 2 is 1.55 bits per heavy atom. The number of piperazine rings is 1. The number of carboxylic acid groups (broad SMARTS) is 1. The van der Waals surface area contributed by atoms with Gasteiger partial charge in [-0.1, -0.05) is 36.8 Å². The van der Waals surface area contributed by atoms with Crippen LogP contribution >= 0.6 is 0 Å². The van der Waals surface area contributed by atoms with Crippen LogP contribution < -0.4 is 10.2 Å². The maximum absolute atomic E-state index is 13.6. The molecule has 2 aromatic carbocycles. The average Bonchev–Trinajstić information content (AvgIpc) is 3.62. The van der Waals surface area contributed by atoms with E-state index in [-0.39, 0.29) is 11.7 Å². The lowest BCUT2D eigenvalue weighted by Crippen LogP contribution is -2.51. The van der Waals surface area contributed by atoms with Gasteiger partial charge < -0.3 is 24.6 Å². The Morgan fingerprint density at radius 3 is 2.17 bits per heavy atom. The van der Waals surface area contributed by atoms with Gasteiger partial charge in [0, 0.05) is 43.1 Å². The van der Waals surface area contributed by atoms with Crippen molar-refractivity contribution in [3.8, 4) is 11.3 Å². The van der Waals surface area contributed by atoms with Crippen molar-refractivity contribution in [3.63, 3.8) is 0 Å². The number of amides is 2. The normalized spacial score (nSPS) is 19.5. The van der Waals surface area contributed by atoms with Gasteiger partial charge in [0.25, 0.3) is 5.91 Å². The summed E-state index contributed by atoms with van der Waals surface area (Å²) in [6, 6.07) is 16.0. The fourth-order valence-corrected chi connectivity index (χ4v) is 5.44. The Labute approximate surface area is 228 Å². The summed E-state index contributed by atoms with van der Waals surface area (Å²) in [5.74, 6) is -4.46. The molecule has 1 aromatic heterocycles. The fraction of sp³-hybridized carbons (Fsp3) is 0.345. The predicted octanol–water partition coefficient (Wildman–Crippen LogP) is 5.37. The number of hydrogen-bond acceptors (Lipinski definition) is 5. The second-order valence-electron chi connectivity index (χ2n) is 10.0. The van der Waals surface area contributed by atoms with Crippen molar-refractivity contribution >= 4 is 29.2 Å². The molecule has 0 radical (unpaired) electrons. The Bertz CT molecular complexity index is 1380. The van der Waals surface area contributed by atoms with E-state index in [0.29, 0.717) is 50.3 Å². The van der Waals surface area contributed by atoms with Crippen LogP contribution in [0.4, 0.5) is 24.5 Å². The molecule has 8 nitrogen and oxygen atoms in total. The largest absolute Gasteiger partial charge is 0.481 e. The van der Waals surface area contributed by atoms with Crippen molar-refractivity contribution in [2.45, 2.75) is 25.4 Å². The van der Waals surface area contributed by atoms with Crippen molar-refractivity contribution in [2.24, 2.45) is 11.8 Å². The number of hydrogen-bond donors (Lipinski definition) is 2. The van der Waals surface area contributed by atoms with Gasteiger partial charge in [-0.15, -0.1) is 0 Å². The molecule has 1 aliphatic carbocycles. The van der Waals surface area contributed by atoms with E-state index in [4.69, 9.17) is 4.42 Å². The van der Waals surface area contributed by atoms with Crippen LogP contribution in [0.3, 0.4) is 0 Å². The van der Waals surface area contributed by atoms with Gasteiger partial charge in [-0.3, -0.25) is 14.4 Å². The van der Waals surface area contributed by atoms with Crippen molar-refractivity contribution in [3.05, 3.63) is 72.0 Å². The molecular formula is C29H28F3N3O5. The summed E-state index contributed by atoms with van der Waals surface area (Å²) in [4.78, 5) is 41.0. The van der Waals surface area contributed by atoms with E-state index in [1.54, 1.807) is 59.5 Å². The van der Waals surface area contributed by atoms with Gasteiger partial charge in [0.15, 0.2) is 0 Å². The number of nitrogens with zero attached hydrogens (tertiary/aromatic N) is 2. The number of halogens is 3. The summed E-state index contributed by atoms with van der Waals surface area (Å²) >= 11 is 0. The van der Waals surface area contributed by atoms with Gasteiger partial charge in [-0.05, 0) is 43.2 Å². The summed E-state index contributed by atoms with van der Waals surface area (Å²) in [5.41, 5.74) is 0.964. The highest BCUT2D eigenvalue weighted by Crippen LogP contribution is 2.38. The lowest BCUT2D eigenvalue weighted by molar-refractivity contribution is -0.153. The van der Waals surface area contributed by atoms with Crippen molar-refractivity contribution in [1.82, 2.24) is 4.90 Å². The average molecular weight is 556 g/mol. The van der Waals surface area contributed by atoms with Gasteiger partial charge in [-0.2, -0.15) is 13.2 Å². The van der Waals surface area contributed by atoms with Crippen LogP contribution in [0.5, 0.6) is 0 Å². The Morgan fingerprint density at radius 1 is 0.900 bits per heavy atom. The highest BCUT2D eigenvalue weighted by molar-refractivity contribution is 6.05. The summed E-state index contributed by atoms with van der Waals surface area (Å²) in [5, 5.41) is 11.9. The SMILES string of the molecule is O=C(Nc1ccc(N2CCN(C(=O)[C@@H]3CCC[C@H]3C(=O)O)CC2)cc1)c1cc(-c2ccccc2)oc1C(F)(F)F. The second kappa shape index (κ2) is 11.1. The van der Waals surface area contributed by atoms with Crippen LogP contribution in [0.2, 0.25) is 0 Å². The molecule has 0 unspecified atom stereocenters. The standard InChI is InChI=1S/C29H28F3N3O5/c30-29(31,32)25-23(17-24(40-25)18-5-2-1-3-6-18)26(36)33-19-9-11-20(12-10-19)34-13-15-35(16-14-34)27(37)21-7-4-8-22(21)28(38)39/h1-3,5-6,9-12,17,21-22H,4,7-8,13-16H2,(H,33,36)(H,38,39)/t21-,22-/m1/s1. The Hall–Kier alpha value is -4.28. The molecule has 1 aliphatic heterocycles. The minimum atomic E-state index is -4.85. The first-order valence-corrected chi connectivity index (χ1v) is 13.1. The number of carbonyl (C=O) groups is 3. The third-order valence-corrected chi connectivity index (χ3v) is 7.52. The van der Waals surface area contributed by atoms with E-state index < -0.39 is 41.2 Å². The number of aliphatic carboxylic acids is 1. The molecule has 0 bridgehead atoms. The highest BCUT2D eigenvalue weighted by Gasteiger charge is 2.41. The van der Waals surface area contributed by atoms with Crippen molar-refractivity contribution in [1.29, 1.82) is 0 Å². The zero-order valence-electron chi connectivity index (χ0n) is 21.5. The van der Waals surface area contributed by atoms with Crippen LogP contribution in [0.15, 0.2) is 65.1 Å². The summed E-state index contributed by atoms with van der Waals surface area (Å²) in [6.45, 7) is 2.03. The van der Waals surface area contributed by atoms with Crippen LogP contribution in [0, 0.1) is 11.8 Å². The molecule has 210 valence electrons. The zero-order chi connectivity index (χ0) is 28.4. The summed E-state index contributed by atoms with van der Waals surface area (Å²) < 4.78 is 45.9. The summed E-state index contributed by atoms with van der Waals surface area (Å²) in [6.07, 6.45) is -2.98. The molecule has 1 saturated carbocycles. The second-order valence-corrected chi connectivity index (χ2v) is 10.0. The van der Waals surface area contributed by atoms with Gasteiger partial charge >= 0.3 is 12.1 Å². The number of furan rings is 1. The zero-order valence-corrected chi connectivity index (χ0v) is 21.5. The first kappa shape index (κ1) is 27.3. The molecule has 2 amide bonds. The lowest BCUT2D eigenvalue weighted by atomic mass is 9.94. The van der Waals surface area contributed by atoms with E-state index in [0.717, 1.165) is 18.2 Å². The van der Waals surface area contributed by atoms with E-state index in [2.05, 4.69) is 10.2 Å². The fourth-order valence-electron chi connectivity index (χ4n) is 5.44. The van der Waals surface area contributed by atoms with Gasteiger partial charge in [-0.25, -0.2) is 0 Å². The quantitative estimate of drug-likeness (QED) is 0.424. The van der Waals surface area contributed by atoms with Gasteiger partial charge in [0.2, 0.25) is 11.7 Å². The van der Waals surface area contributed by atoms with E-state index in [1.807, 2.05) is 0 Å². The van der Waals surface area contributed by atoms with Crippen LogP contribution in [0.25, 0.3) is 11.3 Å². The third-order valence-electron chi connectivity index (χ3n) is 7.52. The third kappa shape index (κ3) is 5.68. The van der Waals surface area contributed by atoms with E-state index in [1.165, 1.54) is 0 Å². The number of carbonyl (C=O) groups excluding carboxylic acids is 2. The first-order valence-electron chi connectivity index (χ1n) is 13.1. The predicted molar refractivity (Wildman–Crippen MR) is 141 cm³/mol. The number of rotatable bonds is 6. The Balaban J connectivity index is 1.22. The van der Waals surface area contributed by atoms with Crippen LogP contribution in [-0.4, -0.2) is 54.0 Å². The molecule has 2 heterocycles. The maximum atomic E-state index is 13.6. The minimum Gasteiger partial charge on any atom is -0.481 e. The monoisotopic (exact) mass is 555 g/mol. The molecule has 0 spiro atoms. The molecule has 3 aromatic rings. The topological polar surface area (TPSA) is 103 Å². The van der Waals surface area contributed by atoms with Crippen molar-refractivity contribution in [2.75, 3.05) is 36.4 Å². The lowest BCUT2D eigenvalue weighted by Gasteiger charge is -2.37. The van der Waals surface area contributed by atoms with E-state index in [9.17, 15) is 32.7 Å². The minimum absolute atomic E-state index is 0.0579. The van der Waals surface area contributed by atoms with Crippen molar-refractivity contribution < 1.29 is 37.1 Å². The molecule has 40 heavy (non-hydrogen) atoms. The first-order chi connectivity index (χ1) is 19.1. The molecule has 2 aliphatic rings. The van der Waals surface area contributed by atoms with Crippen LogP contribution in [0.1, 0.15) is 35.4 Å². The molecular weight excluding hydrogens is 527 g/mol. The highest BCUT2D eigenvalue weighted by atomic mass is 19.4. The number of anilines is 2. The van der Waals surface area contributed by atoms with Crippen LogP contribution in [-0.2, 0) is 15.8 Å².